The third-order valence-electron chi connectivity index (χ3n) is 8.64. The van der Waals surface area contributed by atoms with Crippen molar-refractivity contribution in [1.29, 1.82) is 0 Å². The Morgan fingerprint density at radius 3 is 2.52 bits per heavy atom. The van der Waals surface area contributed by atoms with E-state index in [1.165, 1.54) is 16.2 Å². The molecule has 2 saturated heterocycles. The quantitative estimate of drug-likeness (QED) is 0.206. The molecule has 1 saturated carbocycles. The maximum absolute atomic E-state index is 13.9. The van der Waals surface area contributed by atoms with Gasteiger partial charge in [-0.2, -0.15) is 0 Å². The van der Waals surface area contributed by atoms with E-state index >= 15 is 0 Å². The zero-order chi connectivity index (χ0) is 28.6. The van der Waals surface area contributed by atoms with Gasteiger partial charge in [-0.15, -0.1) is 34.5 Å². The van der Waals surface area contributed by atoms with Gasteiger partial charge in [-0.05, 0) is 43.2 Å². The number of ether oxygens (including phenoxy) is 1. The molecule has 1 aromatic heterocycles. The van der Waals surface area contributed by atoms with Crippen LogP contribution in [0.15, 0.2) is 47.4 Å². The van der Waals surface area contributed by atoms with Gasteiger partial charge in [0.2, 0.25) is 11.8 Å². The van der Waals surface area contributed by atoms with Crippen LogP contribution in [0.5, 0.6) is 11.5 Å². The number of alkyl halides is 3. The average Bonchev–Trinajstić information content (AvgIpc) is 3.57. The van der Waals surface area contributed by atoms with Crippen molar-refractivity contribution >= 4 is 74.1 Å². The molecule has 3 heterocycles. The molecule has 1 N–H and O–H groups in total. The molecule has 40 heavy (non-hydrogen) atoms. The van der Waals surface area contributed by atoms with Gasteiger partial charge < -0.3 is 9.84 Å². The Kier molecular flexibility index (Phi) is 6.84. The van der Waals surface area contributed by atoms with Crippen molar-refractivity contribution in [2.24, 2.45) is 17.8 Å². The minimum Gasteiger partial charge on any atom is -0.504 e. The van der Waals surface area contributed by atoms with E-state index in [1.807, 2.05) is 23.6 Å². The summed E-state index contributed by atoms with van der Waals surface area (Å²) in [6.45, 7) is 2.23. The number of thiophene rings is 1. The Bertz CT molecular complexity index is 1470. The van der Waals surface area contributed by atoms with Crippen molar-refractivity contribution in [2.45, 2.75) is 42.0 Å². The predicted octanol–water partition coefficient (Wildman–Crippen LogP) is 4.76. The number of amides is 4. The van der Waals surface area contributed by atoms with E-state index in [1.54, 1.807) is 25.1 Å². The fourth-order valence-electron chi connectivity index (χ4n) is 6.92. The number of imide groups is 2. The highest BCUT2D eigenvalue weighted by Crippen LogP contribution is 2.66. The third-order valence-corrected chi connectivity index (χ3v) is 11.4. The smallest absolute Gasteiger partial charge is 0.254 e. The molecule has 0 radical (unpaired) electrons. The number of hydrogen-bond acceptors (Lipinski definition) is 7. The molecule has 2 aliphatic carbocycles. The lowest BCUT2D eigenvalue weighted by molar-refractivity contribution is -0.141. The maximum Gasteiger partial charge on any atom is 0.254 e. The number of nitrogens with zero attached hydrogens (tertiary/aromatic N) is 2. The van der Waals surface area contributed by atoms with Gasteiger partial charge in [-0.1, -0.05) is 45.8 Å². The summed E-state index contributed by atoms with van der Waals surface area (Å²) < 4.78 is 5.61. The monoisotopic (exact) mass is 666 g/mol. The van der Waals surface area contributed by atoms with Crippen LogP contribution in [-0.2, 0) is 25.7 Å². The van der Waals surface area contributed by atoms with Gasteiger partial charge >= 0.3 is 0 Å². The molecule has 0 bridgehead atoms. The van der Waals surface area contributed by atoms with E-state index in [2.05, 4.69) is 15.9 Å². The van der Waals surface area contributed by atoms with Crippen molar-refractivity contribution in [3.05, 3.63) is 57.8 Å². The van der Waals surface area contributed by atoms with E-state index in [4.69, 9.17) is 27.9 Å². The molecule has 8 nitrogen and oxygen atoms in total. The lowest BCUT2D eigenvalue weighted by Crippen LogP contribution is -2.60. The number of hydrogen-bond donors (Lipinski definition) is 1. The van der Waals surface area contributed by atoms with Crippen LogP contribution in [0.25, 0.3) is 0 Å². The number of halogens is 3. The molecule has 6 atom stereocenters. The number of benzene rings is 1. The second-order valence-corrected chi connectivity index (χ2v) is 13.2. The van der Waals surface area contributed by atoms with Crippen molar-refractivity contribution in [1.82, 2.24) is 9.80 Å². The fraction of sp³-hybridized carbons (Fsp3) is 0.429. The zero-order valence-electron chi connectivity index (χ0n) is 21.3. The third kappa shape index (κ3) is 3.61. The summed E-state index contributed by atoms with van der Waals surface area (Å²) in [6.07, 6.45) is 2.00. The summed E-state index contributed by atoms with van der Waals surface area (Å²) in [6, 6.07) is 8.62. The summed E-state index contributed by atoms with van der Waals surface area (Å²) in [7, 11) is 0. The normalized spacial score (nSPS) is 33.1. The standard InChI is InChI=1S/C28H25BrCl2N2O6S/c1-2-39-19-7-3-6-17(22(19)34)21-15-8-9-16-20(24(36)32(23(16)35)12-14-5-4-10-40-14)18(15)11-27(30)25(37)33(13-29)26(38)28(21,27)31/h3-8,10,16,18,20-21,34H,2,9,11-13H2,1H3. The van der Waals surface area contributed by atoms with E-state index < -0.39 is 45.2 Å². The summed E-state index contributed by atoms with van der Waals surface area (Å²) in [5, 5.41) is 13.2. The Labute approximate surface area is 253 Å². The van der Waals surface area contributed by atoms with Crippen LogP contribution in [0.1, 0.15) is 36.1 Å². The highest BCUT2D eigenvalue weighted by atomic mass is 79.9. The van der Waals surface area contributed by atoms with E-state index in [9.17, 15) is 24.3 Å². The number of rotatable bonds is 6. The summed E-state index contributed by atoms with van der Waals surface area (Å²) in [4.78, 5) is 54.2. The number of phenols is 1. The summed E-state index contributed by atoms with van der Waals surface area (Å²) in [5.74, 6) is -5.08. The van der Waals surface area contributed by atoms with Crippen LogP contribution < -0.4 is 4.74 Å². The Hall–Kier alpha value is -2.40. The zero-order valence-corrected chi connectivity index (χ0v) is 25.2. The molecule has 3 fully saturated rings. The molecule has 2 aliphatic heterocycles. The number of aromatic hydroxyl groups is 1. The predicted molar refractivity (Wildman–Crippen MR) is 152 cm³/mol. The highest BCUT2D eigenvalue weighted by Gasteiger charge is 2.76. The number of carbonyl (C=O) groups is 4. The largest absolute Gasteiger partial charge is 0.504 e. The van der Waals surface area contributed by atoms with Gasteiger partial charge in [0.05, 0.1) is 30.4 Å². The van der Waals surface area contributed by atoms with Gasteiger partial charge in [0, 0.05) is 16.4 Å². The summed E-state index contributed by atoms with van der Waals surface area (Å²) >= 11 is 19.1. The second kappa shape index (κ2) is 9.86. The number of likely N-dealkylation sites (tertiary alicyclic amines) is 2. The van der Waals surface area contributed by atoms with Gasteiger partial charge in [-0.25, -0.2) is 0 Å². The lowest BCUT2D eigenvalue weighted by Gasteiger charge is -2.50. The first kappa shape index (κ1) is 27.8. The molecule has 1 aromatic carbocycles. The fourth-order valence-corrected chi connectivity index (χ4v) is 9.03. The van der Waals surface area contributed by atoms with Crippen molar-refractivity contribution in [2.75, 3.05) is 12.1 Å². The number of carbonyl (C=O) groups excluding carboxylic acids is 4. The second-order valence-electron chi connectivity index (χ2n) is 10.5. The first-order valence-electron chi connectivity index (χ1n) is 12.9. The summed E-state index contributed by atoms with van der Waals surface area (Å²) in [5.41, 5.74) is 0.769. The number of fused-ring (bicyclic) bond motifs is 4. The Morgan fingerprint density at radius 1 is 1.07 bits per heavy atom. The first-order valence-corrected chi connectivity index (χ1v) is 15.7. The van der Waals surface area contributed by atoms with E-state index in [0.29, 0.717) is 5.57 Å². The molecule has 2 aromatic rings. The molecular formula is C28H25BrCl2N2O6S. The van der Waals surface area contributed by atoms with Crippen molar-refractivity contribution < 1.29 is 29.0 Å². The first-order chi connectivity index (χ1) is 19.1. The topological polar surface area (TPSA) is 104 Å². The molecule has 210 valence electrons. The molecule has 12 heteroatoms. The highest BCUT2D eigenvalue weighted by molar-refractivity contribution is 9.09. The van der Waals surface area contributed by atoms with Gasteiger partial charge in [0.15, 0.2) is 21.2 Å². The minimum absolute atomic E-state index is 0.104. The number of para-hydroxylation sites is 1. The van der Waals surface area contributed by atoms with E-state index in [-0.39, 0.29) is 60.3 Å². The van der Waals surface area contributed by atoms with Crippen LogP contribution in [0.4, 0.5) is 0 Å². The van der Waals surface area contributed by atoms with Crippen LogP contribution in [-0.4, -0.2) is 60.3 Å². The molecule has 6 rings (SSSR count). The van der Waals surface area contributed by atoms with Crippen LogP contribution in [0.2, 0.25) is 0 Å². The van der Waals surface area contributed by atoms with Crippen LogP contribution in [0, 0.1) is 17.8 Å². The maximum atomic E-state index is 13.9. The number of phenolic OH excluding ortho intramolecular Hbond substituents is 1. The van der Waals surface area contributed by atoms with Gasteiger partial charge in [0.25, 0.3) is 11.8 Å². The average molecular weight is 668 g/mol. The molecular weight excluding hydrogens is 643 g/mol. The lowest BCUT2D eigenvalue weighted by atomic mass is 9.56. The van der Waals surface area contributed by atoms with Gasteiger partial charge in [0.1, 0.15) is 0 Å². The number of allylic oxidation sites excluding steroid dienone is 2. The Morgan fingerprint density at radius 2 is 1.85 bits per heavy atom. The van der Waals surface area contributed by atoms with Gasteiger partial charge in [-0.3, -0.25) is 29.0 Å². The van der Waals surface area contributed by atoms with Crippen molar-refractivity contribution in [3.8, 4) is 11.5 Å². The van der Waals surface area contributed by atoms with E-state index in [0.717, 1.165) is 9.78 Å². The van der Waals surface area contributed by atoms with Crippen LogP contribution >= 0.6 is 50.5 Å². The molecule has 4 aliphatic rings. The molecule has 0 spiro atoms. The van der Waals surface area contributed by atoms with Crippen molar-refractivity contribution in [3.63, 3.8) is 0 Å². The van der Waals surface area contributed by atoms with Crippen LogP contribution in [0.3, 0.4) is 0 Å². The minimum atomic E-state index is -1.99. The Balaban J connectivity index is 1.51. The molecule has 6 unspecified atom stereocenters. The SMILES string of the molecule is CCOc1cccc(C2C3=CCC4C(=O)N(Cc5cccs5)C(=O)C4C3CC3(Cl)C(=O)N(CBr)C(=O)C23Cl)c1O. The molecule has 4 amide bonds.